The van der Waals surface area contributed by atoms with Gasteiger partial charge in [0.25, 0.3) is 0 Å². The highest BCUT2D eigenvalue weighted by molar-refractivity contribution is 5.80. The summed E-state index contributed by atoms with van der Waals surface area (Å²) in [6.45, 7) is 2.32. The third kappa shape index (κ3) is 5.22. The van der Waals surface area contributed by atoms with Gasteiger partial charge >= 0.3 is 18.5 Å². The van der Waals surface area contributed by atoms with E-state index in [1.54, 1.807) is 0 Å². The molecule has 110 valence electrons. The topological polar surface area (TPSA) is 38.4 Å². The predicted octanol–water partition coefficient (Wildman–Crippen LogP) is 3.47. The zero-order valence-corrected chi connectivity index (χ0v) is 8.71. The highest BCUT2D eigenvalue weighted by Crippen LogP contribution is 2.34. The highest BCUT2D eigenvalue weighted by Gasteiger charge is 2.45. The van der Waals surface area contributed by atoms with E-state index in [0.29, 0.717) is 0 Å². The molecule has 0 bridgehead atoms. The molecular weight excluding hydrogens is 295 g/mol. The minimum absolute atomic E-state index is 0.485. The van der Waals surface area contributed by atoms with Crippen LogP contribution in [0.25, 0.3) is 0 Å². The summed E-state index contributed by atoms with van der Waals surface area (Å²) in [7, 11) is 0. The molecule has 0 spiro atoms. The number of hydrogen-bond acceptors (Lipinski definition) is 2. The molecule has 0 saturated carbocycles. The first kappa shape index (κ1) is 17.3. The molecule has 2 N–H and O–H groups in total. The van der Waals surface area contributed by atoms with E-state index in [1.807, 2.05) is 0 Å². The third-order valence-electron chi connectivity index (χ3n) is 1.54. The minimum atomic E-state index is -5.66. The van der Waals surface area contributed by atoms with Crippen LogP contribution in [0.5, 0.6) is 0 Å². The second-order valence-corrected chi connectivity index (χ2v) is 3.04. The van der Waals surface area contributed by atoms with E-state index in [2.05, 4.69) is 17.3 Å². The van der Waals surface area contributed by atoms with Gasteiger partial charge in [0.05, 0.1) is 5.57 Å². The normalized spacial score (nSPS) is 15.6. The van der Waals surface area contributed by atoms with Crippen molar-refractivity contribution in [1.82, 2.24) is 0 Å². The summed E-state index contributed by atoms with van der Waals surface area (Å²) in [6.07, 6.45) is -16.8. The SMILES string of the molecule is C=C(/C=N\C(=C(/N)C(F)(F)F)C(F)(F)F)C(F)(F)F. The molecule has 0 aliphatic rings. The molecule has 0 saturated heterocycles. The summed E-state index contributed by atoms with van der Waals surface area (Å²) in [5, 5.41) is 0. The lowest BCUT2D eigenvalue weighted by Crippen LogP contribution is -2.27. The van der Waals surface area contributed by atoms with Gasteiger partial charge in [0, 0.05) is 6.21 Å². The van der Waals surface area contributed by atoms with Gasteiger partial charge in [0.2, 0.25) is 0 Å². The number of halogens is 9. The van der Waals surface area contributed by atoms with Crippen LogP contribution in [0.2, 0.25) is 0 Å². The standard InChI is InChI=1S/C8H5F9N2/c1-3(6(9,10)11)2-19-5(8(15,16)17)4(18)7(12,13)14/h2H,1,18H2/b5-4-,19-2-. The van der Waals surface area contributed by atoms with Gasteiger partial charge in [-0.25, -0.2) is 4.99 Å². The quantitative estimate of drug-likeness (QED) is 0.615. The van der Waals surface area contributed by atoms with Crippen molar-refractivity contribution < 1.29 is 39.5 Å². The number of allylic oxidation sites excluding steroid dienone is 3. The van der Waals surface area contributed by atoms with Crippen LogP contribution in [0.1, 0.15) is 0 Å². The predicted molar refractivity (Wildman–Crippen MR) is 47.0 cm³/mol. The van der Waals surface area contributed by atoms with E-state index in [1.165, 1.54) is 0 Å². The molecule has 0 atom stereocenters. The number of hydrogen-bond donors (Lipinski definition) is 1. The molecule has 0 aliphatic heterocycles. The Morgan fingerprint density at radius 1 is 0.842 bits per heavy atom. The van der Waals surface area contributed by atoms with Gasteiger partial charge in [-0.05, 0) is 0 Å². The maximum Gasteiger partial charge on any atom is 0.435 e. The lowest BCUT2D eigenvalue weighted by atomic mass is 10.3. The van der Waals surface area contributed by atoms with E-state index in [9.17, 15) is 39.5 Å². The van der Waals surface area contributed by atoms with Crippen LogP contribution in [-0.2, 0) is 0 Å². The van der Waals surface area contributed by atoms with Gasteiger partial charge in [0.15, 0.2) is 5.70 Å². The zero-order chi connectivity index (χ0) is 15.6. The monoisotopic (exact) mass is 300 g/mol. The zero-order valence-electron chi connectivity index (χ0n) is 8.71. The Morgan fingerprint density at radius 2 is 1.26 bits per heavy atom. The Morgan fingerprint density at radius 3 is 1.53 bits per heavy atom. The van der Waals surface area contributed by atoms with Crippen molar-refractivity contribution in [3.63, 3.8) is 0 Å². The lowest BCUT2D eigenvalue weighted by molar-refractivity contribution is -0.116. The summed E-state index contributed by atoms with van der Waals surface area (Å²) >= 11 is 0. The average Bonchev–Trinajstić information content (AvgIpc) is 2.12. The Kier molecular flexibility index (Phi) is 4.68. The molecule has 0 fully saturated rings. The first-order chi connectivity index (χ1) is 8.17. The van der Waals surface area contributed by atoms with Crippen LogP contribution in [-0.4, -0.2) is 24.7 Å². The fraction of sp³-hybridized carbons (Fsp3) is 0.375. The first-order valence-electron chi connectivity index (χ1n) is 4.11. The van der Waals surface area contributed by atoms with Crippen LogP contribution in [0, 0.1) is 0 Å². The number of nitrogens with two attached hydrogens (primary N) is 1. The van der Waals surface area contributed by atoms with Crippen LogP contribution < -0.4 is 5.73 Å². The number of alkyl halides is 9. The molecule has 0 heterocycles. The molecule has 0 rings (SSSR count). The van der Waals surface area contributed by atoms with Crippen molar-refractivity contribution in [2.24, 2.45) is 10.7 Å². The van der Waals surface area contributed by atoms with E-state index in [4.69, 9.17) is 0 Å². The second-order valence-electron chi connectivity index (χ2n) is 3.04. The van der Waals surface area contributed by atoms with Gasteiger partial charge < -0.3 is 5.73 Å². The molecule has 0 aliphatic carbocycles. The molecule has 0 unspecified atom stereocenters. The maximum absolute atomic E-state index is 12.2. The Bertz CT molecular complexity index is 407. The highest BCUT2D eigenvalue weighted by atomic mass is 19.4. The summed E-state index contributed by atoms with van der Waals surface area (Å²) < 4.78 is 108. The van der Waals surface area contributed by atoms with E-state index < -0.39 is 41.7 Å². The van der Waals surface area contributed by atoms with Gasteiger partial charge in [0.1, 0.15) is 5.70 Å². The number of aliphatic imine (C=N–C) groups is 1. The molecule has 2 nitrogen and oxygen atoms in total. The molecule has 0 radical (unpaired) electrons. The largest absolute Gasteiger partial charge is 0.435 e. The average molecular weight is 300 g/mol. The van der Waals surface area contributed by atoms with E-state index in [0.717, 1.165) is 0 Å². The number of rotatable bonds is 2. The summed E-state index contributed by atoms with van der Waals surface area (Å²) in [4.78, 5) is 2.09. The van der Waals surface area contributed by atoms with Crippen LogP contribution >= 0.6 is 0 Å². The molecule has 0 aromatic rings. The maximum atomic E-state index is 12.2. The van der Waals surface area contributed by atoms with Crippen LogP contribution in [0.15, 0.2) is 28.5 Å². The van der Waals surface area contributed by atoms with E-state index >= 15 is 0 Å². The third-order valence-corrected chi connectivity index (χ3v) is 1.54. The van der Waals surface area contributed by atoms with Crippen molar-refractivity contribution in [1.29, 1.82) is 0 Å². The van der Waals surface area contributed by atoms with Crippen molar-refractivity contribution >= 4 is 6.21 Å². The fourth-order valence-electron chi connectivity index (χ4n) is 0.645. The fourth-order valence-corrected chi connectivity index (χ4v) is 0.645. The van der Waals surface area contributed by atoms with Gasteiger partial charge in [-0.1, -0.05) is 6.58 Å². The molecule has 0 aromatic carbocycles. The van der Waals surface area contributed by atoms with Crippen molar-refractivity contribution in [2.45, 2.75) is 18.5 Å². The van der Waals surface area contributed by atoms with Gasteiger partial charge in [-0.3, -0.25) is 0 Å². The van der Waals surface area contributed by atoms with E-state index in [-0.39, 0.29) is 0 Å². The second kappa shape index (κ2) is 5.13. The summed E-state index contributed by atoms with van der Waals surface area (Å²) in [5.74, 6) is 0. The minimum Gasteiger partial charge on any atom is -0.393 e. The summed E-state index contributed by atoms with van der Waals surface area (Å²) in [6, 6.07) is 0. The first-order valence-corrected chi connectivity index (χ1v) is 4.11. The van der Waals surface area contributed by atoms with Crippen molar-refractivity contribution in [3.8, 4) is 0 Å². The van der Waals surface area contributed by atoms with Crippen LogP contribution in [0.4, 0.5) is 39.5 Å². The van der Waals surface area contributed by atoms with Gasteiger partial charge in [-0.15, -0.1) is 0 Å². The molecular formula is C8H5F9N2. The van der Waals surface area contributed by atoms with Crippen molar-refractivity contribution in [2.75, 3.05) is 0 Å². The Hall–Kier alpha value is -1.68. The Balaban J connectivity index is 5.61. The van der Waals surface area contributed by atoms with Crippen LogP contribution in [0.3, 0.4) is 0 Å². The van der Waals surface area contributed by atoms with Crippen molar-refractivity contribution in [3.05, 3.63) is 23.5 Å². The number of nitrogens with zero attached hydrogens (tertiary/aromatic N) is 1. The Labute approximate surface area is 99.6 Å². The molecule has 19 heavy (non-hydrogen) atoms. The smallest absolute Gasteiger partial charge is 0.393 e. The molecule has 0 aromatic heterocycles. The van der Waals surface area contributed by atoms with Gasteiger partial charge in [-0.2, -0.15) is 39.5 Å². The summed E-state index contributed by atoms with van der Waals surface area (Å²) in [5.41, 5.74) is -2.99. The lowest BCUT2D eigenvalue weighted by Gasteiger charge is -2.13. The molecule has 0 amide bonds. The molecule has 11 heteroatoms.